The van der Waals surface area contributed by atoms with Crippen LogP contribution >= 0.6 is 0 Å². The van der Waals surface area contributed by atoms with E-state index in [1.165, 1.54) is 12.8 Å². The normalized spacial score (nSPS) is 22.1. The molecular weight excluding hydrogens is 294 g/mol. The van der Waals surface area contributed by atoms with E-state index in [0.29, 0.717) is 11.6 Å². The topological polar surface area (TPSA) is 87.9 Å². The Kier molecular flexibility index (Phi) is 3.63. The number of amides is 1. The lowest BCUT2D eigenvalue weighted by Crippen LogP contribution is -2.38. The lowest BCUT2D eigenvalue weighted by molar-refractivity contribution is 0.0703. The molecule has 7 heteroatoms. The van der Waals surface area contributed by atoms with Crippen molar-refractivity contribution in [2.75, 3.05) is 13.1 Å². The van der Waals surface area contributed by atoms with Gasteiger partial charge >= 0.3 is 0 Å². The third-order valence-electron chi connectivity index (χ3n) is 5.12. The molecule has 3 heterocycles. The molecule has 7 nitrogen and oxygen atoms in total. The van der Waals surface area contributed by atoms with Gasteiger partial charge in [-0.1, -0.05) is 12.1 Å². The van der Waals surface area contributed by atoms with Crippen molar-refractivity contribution in [2.45, 2.75) is 44.9 Å². The number of likely N-dealkylation sites (tertiary alicyclic amines) is 1. The van der Waals surface area contributed by atoms with E-state index in [1.807, 2.05) is 4.90 Å². The first-order valence-electron chi connectivity index (χ1n) is 8.34. The first-order valence-corrected chi connectivity index (χ1v) is 8.34. The molecule has 1 atom stereocenters. The van der Waals surface area contributed by atoms with Crippen molar-refractivity contribution in [3.8, 4) is 0 Å². The maximum absolute atomic E-state index is 12.8. The molecule has 1 fully saturated rings. The van der Waals surface area contributed by atoms with Gasteiger partial charge in [-0.05, 0) is 38.0 Å². The minimum absolute atomic E-state index is 0.0585. The third-order valence-corrected chi connectivity index (χ3v) is 5.12. The van der Waals surface area contributed by atoms with Gasteiger partial charge in [-0.3, -0.25) is 9.89 Å². The highest BCUT2D eigenvalue weighted by molar-refractivity contribution is 5.94. The monoisotopic (exact) mass is 315 g/mol. The van der Waals surface area contributed by atoms with Crippen LogP contribution in [0.5, 0.6) is 0 Å². The predicted molar refractivity (Wildman–Crippen MR) is 82.0 cm³/mol. The summed E-state index contributed by atoms with van der Waals surface area (Å²) in [7, 11) is 0. The quantitative estimate of drug-likeness (QED) is 0.915. The Balaban J connectivity index is 1.46. The summed E-state index contributed by atoms with van der Waals surface area (Å²) >= 11 is 0. The minimum Gasteiger partial charge on any atom is -0.343 e. The molecule has 1 aliphatic carbocycles. The average molecular weight is 315 g/mol. The number of hydrogen-bond acceptors (Lipinski definition) is 5. The molecule has 122 valence electrons. The summed E-state index contributed by atoms with van der Waals surface area (Å²) in [4.78, 5) is 18.9. The lowest BCUT2D eigenvalue weighted by atomic mass is 9.87. The van der Waals surface area contributed by atoms with Gasteiger partial charge in [-0.2, -0.15) is 10.1 Å². The number of nitrogens with one attached hydrogen (secondary N) is 1. The average Bonchev–Trinajstić information content (AvgIpc) is 3.24. The van der Waals surface area contributed by atoms with E-state index in [2.05, 4.69) is 27.3 Å². The first kappa shape index (κ1) is 14.4. The molecule has 0 bridgehead atoms. The Morgan fingerprint density at radius 3 is 2.91 bits per heavy atom. The molecule has 2 aliphatic rings. The molecule has 0 unspecified atom stereocenters. The Bertz CT molecular complexity index is 685. The summed E-state index contributed by atoms with van der Waals surface area (Å²) in [5, 5.41) is 11.3. The van der Waals surface area contributed by atoms with Gasteiger partial charge in [0.2, 0.25) is 6.39 Å². The molecule has 2 aromatic rings. The van der Waals surface area contributed by atoms with Gasteiger partial charge in [-0.25, -0.2) is 0 Å². The predicted octanol–water partition coefficient (Wildman–Crippen LogP) is 1.94. The van der Waals surface area contributed by atoms with Gasteiger partial charge in [0.15, 0.2) is 11.5 Å². The Labute approximate surface area is 134 Å². The van der Waals surface area contributed by atoms with Gasteiger partial charge in [0.25, 0.3) is 5.91 Å². The summed E-state index contributed by atoms with van der Waals surface area (Å²) in [5.74, 6) is 1.72. The second-order valence-electron chi connectivity index (χ2n) is 6.73. The molecule has 4 rings (SSSR count). The number of aryl methyl sites for hydroxylation is 1. The van der Waals surface area contributed by atoms with Crippen molar-refractivity contribution >= 4 is 5.91 Å². The van der Waals surface area contributed by atoms with Gasteiger partial charge < -0.3 is 9.42 Å². The number of piperidine rings is 1. The number of carbonyl (C=O) groups excluding carboxylic acids is 1. The molecule has 0 radical (unpaired) electrons. The smallest absolute Gasteiger partial charge is 0.274 e. The highest BCUT2D eigenvalue weighted by atomic mass is 16.5. The van der Waals surface area contributed by atoms with Crippen molar-refractivity contribution in [2.24, 2.45) is 5.92 Å². The number of aromatic amines is 1. The number of nitrogens with zero attached hydrogens (tertiary/aromatic N) is 4. The molecule has 0 aromatic carbocycles. The summed E-state index contributed by atoms with van der Waals surface area (Å²) in [6.07, 6.45) is 6.22. The molecule has 0 saturated carbocycles. The summed E-state index contributed by atoms with van der Waals surface area (Å²) in [6.45, 7) is 3.67. The van der Waals surface area contributed by atoms with Crippen LogP contribution < -0.4 is 0 Å². The van der Waals surface area contributed by atoms with E-state index in [1.54, 1.807) is 0 Å². The Morgan fingerprint density at radius 2 is 2.17 bits per heavy atom. The molecule has 23 heavy (non-hydrogen) atoms. The molecule has 1 amide bonds. The highest BCUT2D eigenvalue weighted by Gasteiger charge is 2.31. The van der Waals surface area contributed by atoms with Crippen LogP contribution in [0.2, 0.25) is 0 Å². The van der Waals surface area contributed by atoms with E-state index in [9.17, 15) is 4.79 Å². The number of H-pyrrole nitrogens is 1. The van der Waals surface area contributed by atoms with Crippen LogP contribution in [0.3, 0.4) is 0 Å². The molecular formula is C16H21N5O2. The Morgan fingerprint density at radius 1 is 1.35 bits per heavy atom. The number of carbonyl (C=O) groups is 1. The van der Waals surface area contributed by atoms with Crippen LogP contribution in [-0.2, 0) is 12.8 Å². The van der Waals surface area contributed by atoms with Gasteiger partial charge in [-0.15, -0.1) is 0 Å². The molecule has 1 N–H and O–H groups in total. The van der Waals surface area contributed by atoms with Crippen molar-refractivity contribution < 1.29 is 9.32 Å². The fraction of sp³-hybridized carbons (Fsp3) is 0.625. The third kappa shape index (κ3) is 2.64. The summed E-state index contributed by atoms with van der Waals surface area (Å²) in [6, 6.07) is 0. The summed E-state index contributed by atoms with van der Waals surface area (Å²) < 4.78 is 4.82. The van der Waals surface area contributed by atoms with E-state index < -0.39 is 0 Å². The van der Waals surface area contributed by atoms with E-state index in [0.717, 1.165) is 55.9 Å². The van der Waals surface area contributed by atoms with Crippen LogP contribution in [0.25, 0.3) is 0 Å². The summed E-state index contributed by atoms with van der Waals surface area (Å²) in [5.41, 5.74) is 2.91. The zero-order valence-corrected chi connectivity index (χ0v) is 13.3. The fourth-order valence-corrected chi connectivity index (χ4v) is 3.70. The van der Waals surface area contributed by atoms with E-state index in [-0.39, 0.29) is 11.8 Å². The van der Waals surface area contributed by atoms with Crippen molar-refractivity contribution in [1.29, 1.82) is 0 Å². The fourth-order valence-electron chi connectivity index (χ4n) is 3.70. The first-order chi connectivity index (χ1) is 11.2. The van der Waals surface area contributed by atoms with E-state index in [4.69, 9.17) is 4.52 Å². The zero-order valence-electron chi connectivity index (χ0n) is 13.3. The van der Waals surface area contributed by atoms with Crippen LogP contribution in [-0.4, -0.2) is 44.2 Å². The zero-order chi connectivity index (χ0) is 15.8. The van der Waals surface area contributed by atoms with Crippen LogP contribution in [0.4, 0.5) is 0 Å². The van der Waals surface area contributed by atoms with Gasteiger partial charge in [0.1, 0.15) is 0 Å². The molecule has 0 spiro atoms. The number of hydrogen-bond donors (Lipinski definition) is 1. The molecule has 1 aliphatic heterocycles. The van der Waals surface area contributed by atoms with Gasteiger partial charge in [0.05, 0.1) is 0 Å². The molecule has 1 saturated heterocycles. The Hall–Kier alpha value is -2.18. The van der Waals surface area contributed by atoms with Crippen LogP contribution in [0, 0.1) is 5.92 Å². The largest absolute Gasteiger partial charge is 0.343 e. The standard InChI is InChI=1S/C16H21N5O2/c1-10-2-3-13-12(8-10)14(19-18-13)16(22)21-6-4-11(5-7-21)15-17-9-23-20-15/h9-11H,2-8H2,1H3,(H,18,19)/t10-/m0/s1. The van der Waals surface area contributed by atoms with Crippen LogP contribution in [0.1, 0.15) is 59.7 Å². The SMILES string of the molecule is C[C@H]1CCc2[nH]nc(C(=O)N3CCC(c4ncon4)CC3)c2C1. The minimum atomic E-state index is 0.0585. The van der Waals surface area contributed by atoms with Crippen molar-refractivity contribution in [3.05, 3.63) is 29.2 Å². The number of fused-ring (bicyclic) bond motifs is 1. The second kappa shape index (κ2) is 5.79. The highest BCUT2D eigenvalue weighted by Crippen LogP contribution is 2.29. The lowest BCUT2D eigenvalue weighted by Gasteiger charge is -2.30. The molecule has 2 aromatic heterocycles. The van der Waals surface area contributed by atoms with E-state index >= 15 is 0 Å². The van der Waals surface area contributed by atoms with Gasteiger partial charge in [0, 0.05) is 30.3 Å². The van der Waals surface area contributed by atoms with Crippen molar-refractivity contribution in [1.82, 2.24) is 25.2 Å². The number of rotatable bonds is 2. The maximum atomic E-state index is 12.8. The second-order valence-corrected chi connectivity index (χ2v) is 6.73. The van der Waals surface area contributed by atoms with Crippen LogP contribution in [0.15, 0.2) is 10.9 Å². The van der Waals surface area contributed by atoms with Crippen molar-refractivity contribution in [3.63, 3.8) is 0 Å². The number of aromatic nitrogens is 4. The maximum Gasteiger partial charge on any atom is 0.274 e.